The predicted octanol–water partition coefficient (Wildman–Crippen LogP) is 2.23. The van der Waals surface area contributed by atoms with Crippen molar-refractivity contribution in [1.82, 2.24) is 4.57 Å². The standard InChI is InChI=1S/C11H14N2O/c1-12-11-7-8-9(13(11)2)5-4-6-10(8)14-3/h4-7,12H,1-3H3. The normalized spacial score (nSPS) is 10.5. The van der Waals surface area contributed by atoms with E-state index in [1.54, 1.807) is 7.11 Å². The first-order valence-electron chi connectivity index (χ1n) is 4.58. The molecular weight excluding hydrogens is 176 g/mol. The monoisotopic (exact) mass is 190 g/mol. The predicted molar refractivity (Wildman–Crippen MR) is 59.0 cm³/mol. The quantitative estimate of drug-likeness (QED) is 0.786. The molecule has 0 saturated carbocycles. The van der Waals surface area contributed by atoms with Crippen molar-refractivity contribution in [3.05, 3.63) is 24.3 Å². The molecular formula is C11H14N2O. The van der Waals surface area contributed by atoms with Crippen molar-refractivity contribution in [1.29, 1.82) is 0 Å². The van der Waals surface area contributed by atoms with E-state index >= 15 is 0 Å². The second kappa shape index (κ2) is 3.25. The highest BCUT2D eigenvalue weighted by molar-refractivity contribution is 5.90. The minimum Gasteiger partial charge on any atom is -0.496 e. The van der Waals surface area contributed by atoms with Crippen molar-refractivity contribution in [2.75, 3.05) is 19.5 Å². The van der Waals surface area contributed by atoms with E-state index in [1.807, 2.05) is 26.2 Å². The van der Waals surface area contributed by atoms with Crippen LogP contribution in [0.1, 0.15) is 0 Å². The maximum atomic E-state index is 5.30. The topological polar surface area (TPSA) is 26.2 Å². The van der Waals surface area contributed by atoms with Gasteiger partial charge in [-0.15, -0.1) is 0 Å². The summed E-state index contributed by atoms with van der Waals surface area (Å²) in [5.74, 6) is 2.00. The number of aromatic nitrogens is 1. The third-order valence-electron chi connectivity index (χ3n) is 2.52. The fourth-order valence-electron chi connectivity index (χ4n) is 1.75. The highest BCUT2D eigenvalue weighted by Crippen LogP contribution is 2.29. The molecule has 0 aliphatic heterocycles. The summed E-state index contributed by atoms with van der Waals surface area (Å²) in [4.78, 5) is 0. The molecule has 0 radical (unpaired) electrons. The average molecular weight is 190 g/mol. The number of fused-ring (bicyclic) bond motifs is 1. The summed E-state index contributed by atoms with van der Waals surface area (Å²) in [6, 6.07) is 8.15. The van der Waals surface area contributed by atoms with Crippen molar-refractivity contribution < 1.29 is 4.74 Å². The Balaban J connectivity index is 2.77. The van der Waals surface area contributed by atoms with Gasteiger partial charge in [-0.3, -0.25) is 0 Å². The van der Waals surface area contributed by atoms with Gasteiger partial charge in [0, 0.05) is 19.5 Å². The van der Waals surface area contributed by atoms with Gasteiger partial charge in [0.25, 0.3) is 0 Å². The van der Waals surface area contributed by atoms with Crippen LogP contribution in [-0.2, 0) is 7.05 Å². The van der Waals surface area contributed by atoms with Gasteiger partial charge in [0.2, 0.25) is 0 Å². The smallest absolute Gasteiger partial charge is 0.128 e. The van der Waals surface area contributed by atoms with E-state index in [0.717, 1.165) is 17.0 Å². The van der Waals surface area contributed by atoms with Crippen LogP contribution in [0.3, 0.4) is 0 Å². The number of nitrogens with one attached hydrogen (secondary N) is 1. The molecule has 0 bridgehead atoms. The van der Waals surface area contributed by atoms with Crippen molar-refractivity contribution in [3.8, 4) is 5.75 Å². The van der Waals surface area contributed by atoms with Gasteiger partial charge < -0.3 is 14.6 Å². The average Bonchev–Trinajstić information content (AvgIpc) is 2.55. The fraction of sp³-hybridized carbons (Fsp3) is 0.273. The molecule has 0 atom stereocenters. The van der Waals surface area contributed by atoms with E-state index in [2.05, 4.69) is 22.0 Å². The Labute approximate surface area is 83.3 Å². The number of ether oxygens (including phenoxy) is 1. The number of benzene rings is 1. The SMILES string of the molecule is CNc1cc2c(OC)cccc2n1C. The molecule has 1 N–H and O–H groups in total. The number of methoxy groups -OCH3 is 1. The number of nitrogens with zero attached hydrogens (tertiary/aromatic N) is 1. The first kappa shape index (κ1) is 8.94. The molecule has 3 nitrogen and oxygen atoms in total. The van der Waals surface area contributed by atoms with Gasteiger partial charge in [-0.25, -0.2) is 0 Å². The number of anilines is 1. The zero-order chi connectivity index (χ0) is 10.1. The Hall–Kier alpha value is -1.64. The third-order valence-corrected chi connectivity index (χ3v) is 2.52. The molecule has 1 aromatic heterocycles. The summed E-state index contributed by atoms with van der Waals surface area (Å²) in [6.45, 7) is 0. The molecule has 2 rings (SSSR count). The Bertz CT molecular complexity index is 460. The zero-order valence-corrected chi connectivity index (χ0v) is 8.66. The van der Waals surface area contributed by atoms with Crippen molar-refractivity contribution >= 4 is 16.7 Å². The van der Waals surface area contributed by atoms with Crippen LogP contribution in [0.5, 0.6) is 5.75 Å². The summed E-state index contributed by atoms with van der Waals surface area (Å²) in [6.07, 6.45) is 0. The number of rotatable bonds is 2. The molecule has 3 heteroatoms. The first-order chi connectivity index (χ1) is 6.77. The molecule has 1 heterocycles. The number of aryl methyl sites for hydroxylation is 1. The van der Waals surface area contributed by atoms with Crippen LogP contribution in [0, 0.1) is 0 Å². The van der Waals surface area contributed by atoms with E-state index in [0.29, 0.717) is 0 Å². The molecule has 74 valence electrons. The maximum Gasteiger partial charge on any atom is 0.128 e. The molecule has 0 amide bonds. The molecule has 14 heavy (non-hydrogen) atoms. The number of hydrogen-bond donors (Lipinski definition) is 1. The molecule has 0 unspecified atom stereocenters. The largest absolute Gasteiger partial charge is 0.496 e. The van der Waals surface area contributed by atoms with Gasteiger partial charge in [0.1, 0.15) is 11.6 Å². The van der Waals surface area contributed by atoms with Crippen LogP contribution in [0.15, 0.2) is 24.3 Å². The minimum absolute atomic E-state index is 0.916. The minimum atomic E-state index is 0.916. The highest BCUT2D eigenvalue weighted by Gasteiger charge is 2.07. The Morgan fingerprint density at radius 1 is 1.36 bits per heavy atom. The summed E-state index contributed by atoms with van der Waals surface area (Å²) in [7, 11) is 5.65. The van der Waals surface area contributed by atoms with Crippen molar-refractivity contribution in [3.63, 3.8) is 0 Å². The van der Waals surface area contributed by atoms with E-state index in [1.165, 1.54) is 5.52 Å². The van der Waals surface area contributed by atoms with Crippen molar-refractivity contribution in [2.24, 2.45) is 7.05 Å². The molecule has 1 aromatic carbocycles. The van der Waals surface area contributed by atoms with Gasteiger partial charge in [0.05, 0.1) is 12.6 Å². The van der Waals surface area contributed by atoms with E-state index < -0.39 is 0 Å². The van der Waals surface area contributed by atoms with E-state index in [-0.39, 0.29) is 0 Å². The second-order valence-electron chi connectivity index (χ2n) is 3.23. The lowest BCUT2D eigenvalue weighted by Gasteiger charge is -2.03. The zero-order valence-electron chi connectivity index (χ0n) is 8.66. The van der Waals surface area contributed by atoms with Crippen LogP contribution < -0.4 is 10.1 Å². The highest BCUT2D eigenvalue weighted by atomic mass is 16.5. The summed E-state index contributed by atoms with van der Waals surface area (Å²) >= 11 is 0. The molecule has 0 aliphatic carbocycles. The Morgan fingerprint density at radius 3 is 2.79 bits per heavy atom. The van der Waals surface area contributed by atoms with Crippen LogP contribution in [0.25, 0.3) is 10.9 Å². The molecule has 0 spiro atoms. The van der Waals surface area contributed by atoms with Gasteiger partial charge in [-0.1, -0.05) is 6.07 Å². The molecule has 0 aliphatic rings. The van der Waals surface area contributed by atoms with Crippen LogP contribution >= 0.6 is 0 Å². The van der Waals surface area contributed by atoms with Gasteiger partial charge in [0.15, 0.2) is 0 Å². The summed E-state index contributed by atoms with van der Waals surface area (Å²) in [5, 5.41) is 4.28. The molecule has 0 fully saturated rings. The Morgan fingerprint density at radius 2 is 2.14 bits per heavy atom. The van der Waals surface area contributed by atoms with Gasteiger partial charge >= 0.3 is 0 Å². The van der Waals surface area contributed by atoms with Crippen molar-refractivity contribution in [2.45, 2.75) is 0 Å². The lowest BCUT2D eigenvalue weighted by atomic mass is 10.2. The van der Waals surface area contributed by atoms with E-state index in [4.69, 9.17) is 4.74 Å². The lowest BCUT2D eigenvalue weighted by Crippen LogP contribution is -1.95. The van der Waals surface area contributed by atoms with Crippen LogP contribution in [-0.4, -0.2) is 18.7 Å². The number of hydrogen-bond acceptors (Lipinski definition) is 2. The summed E-state index contributed by atoms with van der Waals surface area (Å²) < 4.78 is 7.41. The molecule has 0 saturated heterocycles. The van der Waals surface area contributed by atoms with Gasteiger partial charge in [-0.05, 0) is 18.2 Å². The van der Waals surface area contributed by atoms with Gasteiger partial charge in [-0.2, -0.15) is 0 Å². The summed E-state index contributed by atoms with van der Waals surface area (Å²) in [5.41, 5.74) is 1.17. The second-order valence-corrected chi connectivity index (χ2v) is 3.23. The van der Waals surface area contributed by atoms with Crippen LogP contribution in [0.4, 0.5) is 5.82 Å². The molecule has 2 aromatic rings. The van der Waals surface area contributed by atoms with Crippen LogP contribution in [0.2, 0.25) is 0 Å². The maximum absolute atomic E-state index is 5.30. The lowest BCUT2D eigenvalue weighted by molar-refractivity contribution is 0.420. The third kappa shape index (κ3) is 1.13. The fourth-order valence-corrected chi connectivity index (χ4v) is 1.75. The Kier molecular flexibility index (Phi) is 2.08. The first-order valence-corrected chi connectivity index (χ1v) is 4.58. The van der Waals surface area contributed by atoms with E-state index in [9.17, 15) is 0 Å².